The fourth-order valence-corrected chi connectivity index (χ4v) is 6.18. The van der Waals surface area contributed by atoms with Gasteiger partial charge in [-0.15, -0.1) is 12.4 Å². The number of halogens is 3. The molecule has 238 valence electrons. The lowest BCUT2D eigenvalue weighted by atomic mass is 9.95. The Morgan fingerprint density at radius 1 is 0.932 bits per heavy atom. The highest BCUT2D eigenvalue weighted by molar-refractivity contribution is 6.30. The van der Waals surface area contributed by atoms with Crippen molar-refractivity contribution in [3.05, 3.63) is 93.5 Å². The molecule has 8 nitrogen and oxygen atoms in total. The second kappa shape index (κ2) is 15.1. The fourth-order valence-electron chi connectivity index (χ4n) is 5.93. The molecular formula is C33H41Cl3N4O4. The van der Waals surface area contributed by atoms with Crippen LogP contribution in [0.5, 0.6) is 11.5 Å². The van der Waals surface area contributed by atoms with Crippen LogP contribution in [0.4, 0.5) is 0 Å². The summed E-state index contributed by atoms with van der Waals surface area (Å²) in [6, 6.07) is 20.5. The van der Waals surface area contributed by atoms with Crippen molar-refractivity contribution in [2.45, 2.75) is 44.6 Å². The van der Waals surface area contributed by atoms with Crippen LogP contribution in [0.15, 0.2) is 66.7 Å². The predicted molar refractivity (Wildman–Crippen MR) is 177 cm³/mol. The summed E-state index contributed by atoms with van der Waals surface area (Å²) >= 11 is 12.6. The molecule has 0 bridgehead atoms. The number of benzene rings is 3. The van der Waals surface area contributed by atoms with Crippen LogP contribution in [-0.2, 0) is 10.5 Å². The number of rotatable bonds is 10. The molecule has 44 heavy (non-hydrogen) atoms. The summed E-state index contributed by atoms with van der Waals surface area (Å²) in [6.45, 7) is 9.46. The summed E-state index contributed by atoms with van der Waals surface area (Å²) in [7, 11) is 0. The average Bonchev–Trinajstić information content (AvgIpc) is 3.40. The number of nitrogens with zero attached hydrogens (tertiary/aromatic N) is 2. The molecule has 3 aromatic carbocycles. The predicted octanol–water partition coefficient (Wildman–Crippen LogP) is 5.57. The van der Waals surface area contributed by atoms with Crippen LogP contribution in [0.1, 0.15) is 49.5 Å². The number of piperazine rings is 1. The van der Waals surface area contributed by atoms with E-state index in [-0.39, 0.29) is 43.1 Å². The van der Waals surface area contributed by atoms with Gasteiger partial charge in [-0.2, -0.15) is 0 Å². The summed E-state index contributed by atoms with van der Waals surface area (Å²) in [6.07, 6.45) is -0.119. The van der Waals surface area contributed by atoms with Crippen molar-refractivity contribution in [3.63, 3.8) is 0 Å². The number of carbonyl (C=O) groups excluding carboxylic acids is 1. The molecule has 3 aromatic rings. The van der Waals surface area contributed by atoms with Gasteiger partial charge in [0.1, 0.15) is 11.5 Å². The number of hydrogen-bond donors (Lipinski definition) is 3. The Hall–Kier alpha value is -2.56. The SMILES string of the molecule is CCOc1ccc(OC(C)C)c(C2(C(=O)N3CCN(CCO)CC3)NC(c3ccc(Cl)cc3)C(c3ccc(Cl)cc3)N2)c1.Cl. The normalized spacial score (nSPS) is 22.1. The Kier molecular flexibility index (Phi) is 11.8. The van der Waals surface area contributed by atoms with Gasteiger partial charge in [0, 0.05) is 48.3 Å². The lowest BCUT2D eigenvalue weighted by Crippen LogP contribution is -2.62. The maximum absolute atomic E-state index is 15.0. The van der Waals surface area contributed by atoms with E-state index in [1.54, 1.807) is 0 Å². The molecular weight excluding hydrogens is 623 g/mol. The van der Waals surface area contributed by atoms with Gasteiger partial charge in [-0.05, 0) is 74.4 Å². The zero-order valence-electron chi connectivity index (χ0n) is 25.3. The zero-order chi connectivity index (χ0) is 30.6. The molecule has 2 aliphatic rings. The lowest BCUT2D eigenvalue weighted by Gasteiger charge is -2.40. The smallest absolute Gasteiger partial charge is 0.262 e. The first-order valence-electron chi connectivity index (χ1n) is 14.9. The molecule has 0 radical (unpaired) electrons. The Bertz CT molecular complexity index is 1330. The lowest BCUT2D eigenvalue weighted by molar-refractivity contribution is -0.141. The third kappa shape index (κ3) is 7.45. The van der Waals surface area contributed by atoms with Gasteiger partial charge in [0.15, 0.2) is 5.66 Å². The van der Waals surface area contributed by atoms with Crippen molar-refractivity contribution in [1.29, 1.82) is 0 Å². The Morgan fingerprint density at radius 2 is 1.48 bits per heavy atom. The van der Waals surface area contributed by atoms with Crippen LogP contribution in [0.2, 0.25) is 10.0 Å². The highest BCUT2D eigenvalue weighted by Gasteiger charge is 2.54. The van der Waals surface area contributed by atoms with E-state index >= 15 is 0 Å². The number of amides is 1. The quantitative estimate of drug-likeness (QED) is 0.262. The van der Waals surface area contributed by atoms with Gasteiger partial charge in [-0.1, -0.05) is 47.5 Å². The highest BCUT2D eigenvalue weighted by Crippen LogP contribution is 2.45. The molecule has 2 heterocycles. The molecule has 2 saturated heterocycles. The van der Waals surface area contributed by atoms with Crippen LogP contribution >= 0.6 is 35.6 Å². The van der Waals surface area contributed by atoms with Gasteiger partial charge in [-0.25, -0.2) is 0 Å². The van der Waals surface area contributed by atoms with Crippen LogP contribution in [0.25, 0.3) is 0 Å². The second-order valence-corrected chi connectivity index (χ2v) is 12.1. The third-order valence-electron chi connectivity index (χ3n) is 7.96. The van der Waals surface area contributed by atoms with E-state index in [1.165, 1.54) is 0 Å². The van der Waals surface area contributed by atoms with Crippen molar-refractivity contribution in [2.75, 3.05) is 45.9 Å². The first kappa shape index (κ1) is 34.3. The topological polar surface area (TPSA) is 86.3 Å². The van der Waals surface area contributed by atoms with Crippen molar-refractivity contribution in [2.24, 2.45) is 0 Å². The molecule has 5 rings (SSSR count). The number of aliphatic hydroxyl groups is 1. The largest absolute Gasteiger partial charge is 0.494 e. The van der Waals surface area contributed by atoms with E-state index in [2.05, 4.69) is 15.5 Å². The monoisotopic (exact) mass is 662 g/mol. The summed E-state index contributed by atoms with van der Waals surface area (Å²) < 4.78 is 12.3. The molecule has 2 fully saturated rings. The number of β-amino-alcohol motifs (C(OH)–C–C–N with tert-alkyl or cyclic N) is 1. The standard InChI is InChI=1S/C33H40Cl2N4O4.ClH/c1-4-42-27-13-14-29(43-22(2)3)28(21-27)33(32(41)39-17-15-38(16-18-39)19-20-40)36-30(23-5-9-25(34)10-6-23)31(37-33)24-7-11-26(35)12-8-24;/h5-14,21-22,30-31,36-37,40H,4,15-20H2,1-3H3;1H. The molecule has 0 saturated carbocycles. The van der Waals surface area contributed by atoms with Gasteiger partial charge >= 0.3 is 0 Å². The molecule has 0 aromatic heterocycles. The second-order valence-electron chi connectivity index (χ2n) is 11.2. The van der Waals surface area contributed by atoms with E-state index in [1.807, 2.05) is 92.4 Å². The maximum atomic E-state index is 15.0. The van der Waals surface area contributed by atoms with Gasteiger partial charge in [0.05, 0.1) is 31.4 Å². The number of aliphatic hydroxyl groups excluding tert-OH is 1. The van der Waals surface area contributed by atoms with Crippen molar-refractivity contribution < 1.29 is 19.4 Å². The van der Waals surface area contributed by atoms with E-state index in [0.29, 0.717) is 66.4 Å². The van der Waals surface area contributed by atoms with Gasteiger partial charge in [0.2, 0.25) is 0 Å². The Morgan fingerprint density at radius 3 is 1.95 bits per heavy atom. The molecule has 0 spiro atoms. The van der Waals surface area contributed by atoms with Crippen molar-refractivity contribution in [3.8, 4) is 11.5 Å². The molecule has 3 N–H and O–H groups in total. The van der Waals surface area contributed by atoms with E-state index in [0.717, 1.165) is 11.1 Å². The van der Waals surface area contributed by atoms with Crippen LogP contribution in [0.3, 0.4) is 0 Å². The minimum Gasteiger partial charge on any atom is -0.494 e. The Labute approximate surface area is 276 Å². The minimum absolute atomic E-state index is 0. The number of ether oxygens (including phenoxy) is 2. The van der Waals surface area contributed by atoms with Gasteiger partial charge in [0.25, 0.3) is 5.91 Å². The van der Waals surface area contributed by atoms with Crippen LogP contribution in [0, 0.1) is 0 Å². The fraction of sp³-hybridized carbons (Fsp3) is 0.424. The molecule has 11 heteroatoms. The molecule has 2 atom stereocenters. The average molecular weight is 664 g/mol. The summed E-state index contributed by atoms with van der Waals surface area (Å²) in [5.41, 5.74) is 1.26. The number of nitrogens with one attached hydrogen (secondary N) is 2. The molecule has 2 aliphatic heterocycles. The number of carbonyl (C=O) groups is 1. The highest BCUT2D eigenvalue weighted by atomic mass is 35.5. The maximum Gasteiger partial charge on any atom is 0.262 e. The van der Waals surface area contributed by atoms with Crippen LogP contribution < -0.4 is 20.1 Å². The van der Waals surface area contributed by atoms with E-state index in [4.69, 9.17) is 32.7 Å². The van der Waals surface area contributed by atoms with E-state index < -0.39 is 5.66 Å². The Balaban J connectivity index is 0.00000442. The van der Waals surface area contributed by atoms with E-state index in [9.17, 15) is 9.90 Å². The molecule has 1 amide bonds. The van der Waals surface area contributed by atoms with Crippen LogP contribution in [-0.4, -0.2) is 72.9 Å². The molecule has 2 unspecified atom stereocenters. The first-order valence-corrected chi connectivity index (χ1v) is 15.6. The number of hydrogen-bond acceptors (Lipinski definition) is 7. The zero-order valence-corrected chi connectivity index (χ0v) is 27.6. The van der Waals surface area contributed by atoms with Crippen molar-refractivity contribution >= 4 is 41.5 Å². The first-order chi connectivity index (χ1) is 20.7. The van der Waals surface area contributed by atoms with Gasteiger partial charge < -0.3 is 19.5 Å². The summed E-state index contributed by atoms with van der Waals surface area (Å²) in [5, 5.41) is 18.3. The summed E-state index contributed by atoms with van der Waals surface area (Å²) in [5.74, 6) is 1.14. The summed E-state index contributed by atoms with van der Waals surface area (Å²) in [4.78, 5) is 19.0. The minimum atomic E-state index is -1.36. The van der Waals surface area contributed by atoms with Crippen molar-refractivity contribution in [1.82, 2.24) is 20.4 Å². The third-order valence-corrected chi connectivity index (χ3v) is 8.46. The van der Waals surface area contributed by atoms with Gasteiger partial charge in [-0.3, -0.25) is 20.3 Å². The molecule has 0 aliphatic carbocycles.